The van der Waals surface area contributed by atoms with Crippen LogP contribution in [0.15, 0.2) is 42.5 Å². The molecule has 0 spiro atoms. The second kappa shape index (κ2) is 8.80. The molecule has 0 aliphatic heterocycles. The molecule has 0 aliphatic rings. The Balaban J connectivity index is 2.00. The summed E-state index contributed by atoms with van der Waals surface area (Å²) in [6.45, 7) is 3.92. The summed E-state index contributed by atoms with van der Waals surface area (Å²) in [6.07, 6.45) is 0.462. The maximum atomic E-state index is 12.2. The van der Waals surface area contributed by atoms with Crippen LogP contribution in [0.25, 0.3) is 0 Å². The number of anilines is 2. The van der Waals surface area contributed by atoms with Gasteiger partial charge in [-0.25, -0.2) is 4.79 Å². The van der Waals surface area contributed by atoms with Crippen LogP contribution in [0.4, 0.5) is 11.4 Å². The first-order valence-corrected chi connectivity index (χ1v) is 8.31. The van der Waals surface area contributed by atoms with E-state index in [1.807, 2.05) is 32.0 Å². The molecule has 136 valence electrons. The van der Waals surface area contributed by atoms with E-state index in [-0.39, 0.29) is 6.42 Å². The molecule has 0 saturated heterocycles. The third kappa shape index (κ3) is 4.92. The van der Waals surface area contributed by atoms with Crippen molar-refractivity contribution in [2.45, 2.75) is 26.7 Å². The molecule has 2 aromatic carbocycles. The fourth-order valence-electron chi connectivity index (χ4n) is 2.58. The van der Waals surface area contributed by atoms with E-state index in [2.05, 4.69) is 15.4 Å². The maximum Gasteiger partial charge on any atom is 0.337 e. The highest BCUT2D eigenvalue weighted by Gasteiger charge is 2.14. The normalized spacial score (nSPS) is 10.1. The summed E-state index contributed by atoms with van der Waals surface area (Å²) in [6, 6.07) is 12.1. The van der Waals surface area contributed by atoms with E-state index in [0.29, 0.717) is 11.3 Å². The molecule has 6 heteroatoms. The fraction of sp³-hybridized carbons (Fsp3) is 0.250. The molecule has 0 radical (unpaired) electrons. The van der Waals surface area contributed by atoms with Crippen molar-refractivity contribution in [3.8, 4) is 0 Å². The number of rotatable bonds is 6. The van der Waals surface area contributed by atoms with E-state index < -0.39 is 17.8 Å². The molecule has 0 aromatic heterocycles. The molecule has 26 heavy (non-hydrogen) atoms. The molecular formula is C20H22N2O4. The van der Waals surface area contributed by atoms with Gasteiger partial charge in [0.25, 0.3) is 0 Å². The van der Waals surface area contributed by atoms with Gasteiger partial charge in [-0.15, -0.1) is 0 Å². The lowest BCUT2D eigenvalue weighted by atomic mass is 10.1. The number of nitrogens with one attached hydrogen (secondary N) is 2. The fourth-order valence-corrected chi connectivity index (χ4v) is 2.58. The van der Waals surface area contributed by atoms with Crippen LogP contribution >= 0.6 is 0 Å². The van der Waals surface area contributed by atoms with Crippen LogP contribution in [0.1, 0.15) is 34.8 Å². The van der Waals surface area contributed by atoms with Crippen LogP contribution in [0.2, 0.25) is 0 Å². The Morgan fingerprint density at radius 1 is 1.00 bits per heavy atom. The van der Waals surface area contributed by atoms with Gasteiger partial charge in [-0.3, -0.25) is 9.59 Å². The predicted octanol–water partition coefficient (Wildman–Crippen LogP) is 3.31. The number of ether oxygens (including phenoxy) is 1. The van der Waals surface area contributed by atoms with Gasteiger partial charge in [-0.2, -0.15) is 0 Å². The Morgan fingerprint density at radius 3 is 2.38 bits per heavy atom. The molecule has 0 aliphatic carbocycles. The summed E-state index contributed by atoms with van der Waals surface area (Å²) in [5.41, 5.74) is 3.46. The van der Waals surface area contributed by atoms with Gasteiger partial charge in [0.2, 0.25) is 11.8 Å². The van der Waals surface area contributed by atoms with Crippen LogP contribution in [0.5, 0.6) is 0 Å². The zero-order valence-corrected chi connectivity index (χ0v) is 15.1. The lowest BCUT2D eigenvalue weighted by Gasteiger charge is -2.13. The first-order chi connectivity index (χ1) is 12.4. The van der Waals surface area contributed by atoms with Crippen molar-refractivity contribution in [2.75, 3.05) is 17.7 Å². The number of hydrogen-bond donors (Lipinski definition) is 2. The van der Waals surface area contributed by atoms with Gasteiger partial charge in [0, 0.05) is 11.4 Å². The van der Waals surface area contributed by atoms with E-state index >= 15 is 0 Å². The third-order valence-electron chi connectivity index (χ3n) is 3.89. The largest absolute Gasteiger partial charge is 0.465 e. The van der Waals surface area contributed by atoms with Gasteiger partial charge in [0.05, 0.1) is 12.7 Å². The van der Waals surface area contributed by atoms with E-state index in [9.17, 15) is 14.4 Å². The Hall–Kier alpha value is -3.15. The van der Waals surface area contributed by atoms with Crippen molar-refractivity contribution in [2.24, 2.45) is 0 Å². The van der Waals surface area contributed by atoms with Crippen LogP contribution in [0, 0.1) is 6.92 Å². The third-order valence-corrected chi connectivity index (χ3v) is 3.89. The summed E-state index contributed by atoms with van der Waals surface area (Å²) >= 11 is 0. The second-order valence-electron chi connectivity index (χ2n) is 5.81. The number of amides is 2. The second-order valence-corrected chi connectivity index (χ2v) is 5.81. The number of benzene rings is 2. The van der Waals surface area contributed by atoms with Crippen LogP contribution in [0.3, 0.4) is 0 Å². The average molecular weight is 354 g/mol. The first-order valence-electron chi connectivity index (χ1n) is 8.31. The molecule has 2 aromatic rings. The highest BCUT2D eigenvalue weighted by molar-refractivity contribution is 6.08. The van der Waals surface area contributed by atoms with Gasteiger partial charge in [-0.1, -0.05) is 31.2 Å². The smallest absolute Gasteiger partial charge is 0.337 e. The quantitative estimate of drug-likeness (QED) is 0.616. The molecule has 0 unspecified atom stereocenters. The van der Waals surface area contributed by atoms with Crippen molar-refractivity contribution in [1.82, 2.24) is 0 Å². The van der Waals surface area contributed by atoms with Crippen molar-refractivity contribution in [3.05, 3.63) is 59.2 Å². The number of aryl methyl sites for hydroxylation is 2. The Bertz CT molecular complexity index is 830. The Kier molecular flexibility index (Phi) is 6.49. The first kappa shape index (κ1) is 19.2. The van der Waals surface area contributed by atoms with Gasteiger partial charge < -0.3 is 15.4 Å². The Labute approximate surface area is 152 Å². The number of carbonyl (C=O) groups is 3. The monoisotopic (exact) mass is 354 g/mol. The summed E-state index contributed by atoms with van der Waals surface area (Å²) < 4.78 is 4.64. The highest BCUT2D eigenvalue weighted by Crippen LogP contribution is 2.21. The lowest BCUT2D eigenvalue weighted by Crippen LogP contribution is -2.22. The van der Waals surface area contributed by atoms with Crippen molar-refractivity contribution >= 4 is 29.2 Å². The Morgan fingerprint density at radius 2 is 1.69 bits per heavy atom. The zero-order valence-electron chi connectivity index (χ0n) is 15.1. The van der Waals surface area contributed by atoms with Gasteiger partial charge in [0.1, 0.15) is 6.42 Å². The number of esters is 1. The zero-order chi connectivity index (χ0) is 19.1. The van der Waals surface area contributed by atoms with Crippen LogP contribution < -0.4 is 10.6 Å². The topological polar surface area (TPSA) is 84.5 Å². The lowest BCUT2D eigenvalue weighted by molar-refractivity contribution is -0.123. The van der Waals surface area contributed by atoms with Gasteiger partial charge in [-0.05, 0) is 42.7 Å². The molecule has 0 atom stereocenters. The van der Waals surface area contributed by atoms with Crippen molar-refractivity contribution in [1.29, 1.82) is 0 Å². The number of para-hydroxylation sites is 1. The summed E-state index contributed by atoms with van der Waals surface area (Å²) in [5, 5.41) is 5.42. The number of carbonyl (C=O) groups excluding carboxylic acids is 3. The average Bonchev–Trinajstić information content (AvgIpc) is 2.62. The minimum atomic E-state index is -0.495. The molecular weight excluding hydrogens is 332 g/mol. The highest BCUT2D eigenvalue weighted by atomic mass is 16.5. The molecule has 0 fully saturated rings. The SMILES string of the molecule is CCc1cccc(C)c1NC(=O)CC(=O)Nc1cccc(C(=O)OC)c1. The van der Waals surface area contributed by atoms with E-state index in [0.717, 1.165) is 23.2 Å². The van der Waals surface area contributed by atoms with Crippen LogP contribution in [-0.2, 0) is 20.7 Å². The van der Waals surface area contributed by atoms with Gasteiger partial charge in [0.15, 0.2) is 0 Å². The molecule has 2 rings (SSSR count). The maximum absolute atomic E-state index is 12.2. The minimum Gasteiger partial charge on any atom is -0.465 e. The van der Waals surface area contributed by atoms with E-state index in [4.69, 9.17) is 0 Å². The molecule has 0 bridgehead atoms. The standard InChI is InChI=1S/C20H22N2O4/c1-4-14-8-5-7-13(2)19(14)22-18(24)12-17(23)21-16-10-6-9-15(11-16)20(25)26-3/h5-11H,4,12H2,1-3H3,(H,21,23)(H,22,24). The molecule has 2 N–H and O–H groups in total. The molecule has 0 saturated carbocycles. The van der Waals surface area contributed by atoms with Crippen LogP contribution in [-0.4, -0.2) is 24.9 Å². The molecule has 0 heterocycles. The molecule has 2 amide bonds. The number of hydrogen-bond acceptors (Lipinski definition) is 4. The minimum absolute atomic E-state index is 0.320. The number of methoxy groups -OCH3 is 1. The summed E-state index contributed by atoms with van der Waals surface area (Å²) in [4.78, 5) is 35.8. The summed E-state index contributed by atoms with van der Waals surface area (Å²) in [7, 11) is 1.29. The van der Waals surface area contributed by atoms with Crippen molar-refractivity contribution < 1.29 is 19.1 Å². The van der Waals surface area contributed by atoms with Crippen molar-refractivity contribution in [3.63, 3.8) is 0 Å². The van der Waals surface area contributed by atoms with E-state index in [1.165, 1.54) is 13.2 Å². The van der Waals surface area contributed by atoms with Gasteiger partial charge >= 0.3 is 5.97 Å². The molecule has 6 nitrogen and oxygen atoms in total. The predicted molar refractivity (Wildman–Crippen MR) is 100 cm³/mol. The van der Waals surface area contributed by atoms with E-state index in [1.54, 1.807) is 18.2 Å². The summed E-state index contributed by atoms with van der Waals surface area (Å²) in [5.74, 6) is -1.35.